The topological polar surface area (TPSA) is 30.7 Å². The first-order valence-corrected chi connectivity index (χ1v) is 7.58. The lowest BCUT2D eigenvalue weighted by Crippen LogP contribution is -1.97. The lowest BCUT2D eigenvalue weighted by molar-refractivity contribution is 0.111. The Balaban J connectivity index is 2.34. The second kappa shape index (κ2) is 6.03. The Morgan fingerprint density at radius 1 is 1.18 bits per heavy atom. The fraction of sp³-hybridized carbons (Fsp3) is 0.118. The van der Waals surface area contributed by atoms with Gasteiger partial charge in [-0.3, -0.25) is 4.79 Å². The van der Waals surface area contributed by atoms with Gasteiger partial charge in [-0.1, -0.05) is 29.3 Å². The third-order valence-corrected chi connectivity index (χ3v) is 3.92. The number of carbonyl (C=O) groups is 1. The van der Waals surface area contributed by atoms with Crippen molar-refractivity contribution in [2.45, 2.75) is 6.92 Å². The quantitative estimate of drug-likeness (QED) is 0.620. The highest BCUT2D eigenvalue weighted by Gasteiger charge is 2.18. The summed E-state index contributed by atoms with van der Waals surface area (Å²) in [6.07, 6.45) is 2.67. The van der Waals surface area contributed by atoms with Gasteiger partial charge in [-0.2, -0.15) is 0 Å². The second-order valence-electron chi connectivity index (χ2n) is 4.75. The van der Waals surface area contributed by atoms with Crippen LogP contribution in [0.1, 0.15) is 17.4 Å². The molecule has 0 amide bonds. The van der Waals surface area contributed by atoms with Crippen LogP contribution in [-0.2, 0) is 0 Å². The summed E-state index contributed by atoms with van der Waals surface area (Å²) in [7, 11) is 0. The van der Waals surface area contributed by atoms with Crippen molar-refractivity contribution < 1.29 is 9.53 Å². The van der Waals surface area contributed by atoms with Crippen LogP contribution in [0.25, 0.3) is 16.6 Å². The van der Waals surface area contributed by atoms with Crippen molar-refractivity contribution in [1.82, 2.24) is 4.40 Å². The molecular formula is C17H13Cl2NO2. The van der Waals surface area contributed by atoms with Crippen molar-refractivity contribution in [2.75, 3.05) is 6.61 Å². The molecule has 3 nitrogen and oxygen atoms in total. The van der Waals surface area contributed by atoms with Gasteiger partial charge in [-0.25, -0.2) is 0 Å². The van der Waals surface area contributed by atoms with E-state index in [-0.39, 0.29) is 0 Å². The molecule has 0 radical (unpaired) electrons. The molecule has 0 saturated carbocycles. The number of hydrogen-bond donors (Lipinski definition) is 0. The zero-order valence-electron chi connectivity index (χ0n) is 11.8. The Hall–Kier alpha value is -1.97. The molecule has 2 heterocycles. The highest BCUT2D eigenvalue weighted by Crippen LogP contribution is 2.41. The van der Waals surface area contributed by atoms with Gasteiger partial charge >= 0.3 is 0 Å². The summed E-state index contributed by atoms with van der Waals surface area (Å²) in [6, 6.07) is 11.0. The van der Waals surface area contributed by atoms with Crippen LogP contribution in [-0.4, -0.2) is 17.3 Å². The van der Waals surface area contributed by atoms with E-state index in [0.717, 1.165) is 17.4 Å². The van der Waals surface area contributed by atoms with E-state index >= 15 is 0 Å². The molecule has 0 N–H and O–H groups in total. The van der Waals surface area contributed by atoms with E-state index in [0.29, 0.717) is 33.7 Å². The Bertz CT molecular complexity index is 855. The highest BCUT2D eigenvalue weighted by atomic mass is 35.5. The van der Waals surface area contributed by atoms with Gasteiger partial charge in [0.15, 0.2) is 6.29 Å². The number of rotatable bonds is 4. The Morgan fingerprint density at radius 3 is 2.73 bits per heavy atom. The molecule has 0 aliphatic rings. The molecule has 0 aliphatic heterocycles. The SMILES string of the molecule is CCOc1c(Cl)cc(Cl)cc1-c1cc2ccccn2c1C=O. The lowest BCUT2D eigenvalue weighted by Gasteiger charge is -2.12. The van der Waals surface area contributed by atoms with Crippen LogP contribution in [0.2, 0.25) is 10.0 Å². The van der Waals surface area contributed by atoms with E-state index < -0.39 is 0 Å². The number of ether oxygens (including phenoxy) is 1. The molecule has 0 bridgehead atoms. The zero-order chi connectivity index (χ0) is 15.7. The van der Waals surface area contributed by atoms with Gasteiger partial charge in [0.2, 0.25) is 0 Å². The molecule has 0 unspecified atom stereocenters. The average Bonchev–Trinajstić information content (AvgIpc) is 2.88. The van der Waals surface area contributed by atoms with Gasteiger partial charge in [-0.15, -0.1) is 0 Å². The first kappa shape index (κ1) is 14.9. The van der Waals surface area contributed by atoms with Crippen molar-refractivity contribution in [3.63, 3.8) is 0 Å². The monoisotopic (exact) mass is 333 g/mol. The van der Waals surface area contributed by atoms with Crippen LogP contribution >= 0.6 is 23.2 Å². The molecule has 0 fully saturated rings. The molecule has 0 saturated heterocycles. The summed E-state index contributed by atoms with van der Waals surface area (Å²) in [4.78, 5) is 11.6. The van der Waals surface area contributed by atoms with E-state index in [1.54, 1.807) is 12.1 Å². The molecule has 0 atom stereocenters. The van der Waals surface area contributed by atoms with Gasteiger partial charge in [0.05, 0.1) is 17.3 Å². The molecule has 5 heteroatoms. The maximum Gasteiger partial charge on any atom is 0.167 e. The minimum Gasteiger partial charge on any atom is -0.492 e. The number of pyridine rings is 1. The second-order valence-corrected chi connectivity index (χ2v) is 5.60. The number of fused-ring (bicyclic) bond motifs is 1. The summed E-state index contributed by atoms with van der Waals surface area (Å²) in [5.74, 6) is 0.535. The van der Waals surface area contributed by atoms with E-state index in [1.807, 2.05) is 41.8 Å². The Kier molecular flexibility index (Phi) is 4.10. The number of benzene rings is 1. The molecule has 0 aliphatic carbocycles. The molecule has 3 rings (SSSR count). The predicted octanol–water partition coefficient (Wildman–Crippen LogP) is 5.12. The number of aromatic nitrogens is 1. The van der Waals surface area contributed by atoms with E-state index in [1.165, 1.54) is 0 Å². The van der Waals surface area contributed by atoms with Crippen molar-refractivity contribution >= 4 is 35.0 Å². The van der Waals surface area contributed by atoms with Crippen molar-refractivity contribution in [2.24, 2.45) is 0 Å². The highest BCUT2D eigenvalue weighted by molar-refractivity contribution is 6.36. The van der Waals surface area contributed by atoms with E-state index in [9.17, 15) is 4.79 Å². The lowest BCUT2D eigenvalue weighted by atomic mass is 10.0. The minimum atomic E-state index is 0.427. The van der Waals surface area contributed by atoms with Crippen LogP contribution in [0.15, 0.2) is 42.6 Å². The average molecular weight is 334 g/mol. The van der Waals surface area contributed by atoms with Gasteiger partial charge in [0.1, 0.15) is 5.75 Å². The third-order valence-electron chi connectivity index (χ3n) is 3.42. The van der Waals surface area contributed by atoms with Crippen LogP contribution in [0, 0.1) is 0 Å². The molecule has 112 valence electrons. The predicted molar refractivity (Wildman–Crippen MR) is 89.4 cm³/mol. The molecule has 3 aromatic rings. The fourth-order valence-electron chi connectivity index (χ4n) is 2.53. The number of nitrogens with zero attached hydrogens (tertiary/aromatic N) is 1. The summed E-state index contributed by atoms with van der Waals surface area (Å²) < 4.78 is 7.48. The summed E-state index contributed by atoms with van der Waals surface area (Å²) in [5.41, 5.74) is 2.91. The summed E-state index contributed by atoms with van der Waals surface area (Å²) in [6.45, 7) is 2.35. The standard InChI is InChI=1S/C17H13Cl2NO2/c1-2-22-17-14(7-11(18)8-15(17)19)13-9-12-5-3-4-6-20(12)16(13)10-21/h3-10H,2H2,1H3. The smallest absolute Gasteiger partial charge is 0.167 e. The largest absolute Gasteiger partial charge is 0.492 e. The van der Waals surface area contributed by atoms with Crippen LogP contribution in [0.4, 0.5) is 0 Å². The summed E-state index contributed by atoms with van der Waals surface area (Å²) >= 11 is 12.4. The van der Waals surface area contributed by atoms with Crippen LogP contribution in [0.5, 0.6) is 5.75 Å². The third kappa shape index (κ3) is 2.47. The van der Waals surface area contributed by atoms with Gasteiger partial charge < -0.3 is 9.14 Å². The minimum absolute atomic E-state index is 0.427. The van der Waals surface area contributed by atoms with Crippen LogP contribution < -0.4 is 4.74 Å². The van der Waals surface area contributed by atoms with Gasteiger partial charge in [0.25, 0.3) is 0 Å². The molecule has 22 heavy (non-hydrogen) atoms. The van der Waals surface area contributed by atoms with E-state index in [2.05, 4.69) is 0 Å². The molecule has 2 aromatic heterocycles. The summed E-state index contributed by atoms with van der Waals surface area (Å²) in [5, 5.41) is 0.923. The normalized spacial score (nSPS) is 10.9. The van der Waals surface area contributed by atoms with Gasteiger partial charge in [-0.05, 0) is 37.3 Å². The Morgan fingerprint density at radius 2 is 2.00 bits per heavy atom. The maximum absolute atomic E-state index is 11.6. The number of hydrogen-bond acceptors (Lipinski definition) is 2. The first-order chi connectivity index (χ1) is 10.7. The maximum atomic E-state index is 11.6. The van der Waals surface area contributed by atoms with Gasteiger partial charge in [0, 0.05) is 27.9 Å². The fourth-order valence-corrected chi connectivity index (χ4v) is 3.08. The molecular weight excluding hydrogens is 321 g/mol. The number of carbonyl (C=O) groups excluding carboxylic acids is 1. The first-order valence-electron chi connectivity index (χ1n) is 6.83. The zero-order valence-corrected chi connectivity index (χ0v) is 13.4. The van der Waals surface area contributed by atoms with Crippen LogP contribution in [0.3, 0.4) is 0 Å². The number of halogens is 2. The number of aldehydes is 1. The Labute approximate surface area is 138 Å². The molecule has 0 spiro atoms. The van der Waals surface area contributed by atoms with Crippen molar-refractivity contribution in [3.05, 3.63) is 58.3 Å². The van der Waals surface area contributed by atoms with Crippen molar-refractivity contribution in [3.8, 4) is 16.9 Å². The van der Waals surface area contributed by atoms with E-state index in [4.69, 9.17) is 27.9 Å². The van der Waals surface area contributed by atoms with Crippen molar-refractivity contribution in [1.29, 1.82) is 0 Å². The molecule has 1 aromatic carbocycles.